The lowest BCUT2D eigenvalue weighted by atomic mass is 10.2. The van der Waals surface area contributed by atoms with Gasteiger partial charge in [-0.2, -0.15) is 0 Å². The van der Waals surface area contributed by atoms with E-state index in [1.54, 1.807) is 0 Å². The van der Waals surface area contributed by atoms with Crippen molar-refractivity contribution in [1.82, 2.24) is 10.3 Å². The van der Waals surface area contributed by atoms with E-state index in [4.69, 9.17) is 0 Å². The monoisotopic (exact) mass is 494 g/mol. The van der Waals surface area contributed by atoms with Crippen LogP contribution >= 0.6 is 18.6 Å². The maximum absolute atomic E-state index is 13.1. The molecule has 0 saturated carbocycles. The van der Waals surface area contributed by atoms with Gasteiger partial charge in [-0.05, 0) is 36.4 Å². The molecule has 0 fully saturated rings. The highest BCUT2D eigenvalue weighted by atomic mass is 32.1. The Bertz CT molecular complexity index is 1280. The lowest BCUT2D eigenvalue weighted by molar-refractivity contribution is 0.253. The van der Waals surface area contributed by atoms with Gasteiger partial charge in [-0.25, -0.2) is 9.78 Å². The van der Waals surface area contributed by atoms with Crippen LogP contribution in [0.25, 0.3) is 11.3 Å². The molecule has 0 saturated heterocycles. The zero-order chi connectivity index (χ0) is 23.9. The molecule has 35 heavy (non-hydrogen) atoms. The molecule has 2 amide bonds. The molecule has 0 aliphatic carbocycles. The molecule has 5 aromatic rings. The molecule has 1 heterocycles. The van der Waals surface area contributed by atoms with Crippen LogP contribution in [-0.4, -0.2) is 17.3 Å². The Morgan fingerprint density at radius 1 is 0.686 bits per heavy atom. The maximum atomic E-state index is 13.1. The SMILES string of the molecule is O=C(NC[P+](c1ccccc1)(c1ccccc1)c1ccccc1)Nc1nc(-c2ccccc2)cs1. The van der Waals surface area contributed by atoms with E-state index in [0.29, 0.717) is 11.4 Å². The smallest absolute Gasteiger partial charge is 0.304 e. The van der Waals surface area contributed by atoms with E-state index in [-0.39, 0.29) is 6.03 Å². The van der Waals surface area contributed by atoms with Crippen molar-refractivity contribution in [1.29, 1.82) is 0 Å². The summed E-state index contributed by atoms with van der Waals surface area (Å²) in [6.07, 6.45) is 0.494. The van der Waals surface area contributed by atoms with Crippen LogP contribution in [-0.2, 0) is 0 Å². The second-order valence-electron chi connectivity index (χ2n) is 8.01. The molecular weight excluding hydrogens is 469 g/mol. The minimum Gasteiger partial charge on any atom is -0.304 e. The summed E-state index contributed by atoms with van der Waals surface area (Å²) in [6.45, 7) is 0. The number of urea groups is 1. The highest BCUT2D eigenvalue weighted by molar-refractivity contribution is 7.95. The molecule has 0 radical (unpaired) electrons. The van der Waals surface area contributed by atoms with Crippen LogP contribution in [0.4, 0.5) is 9.93 Å². The predicted molar refractivity (Wildman–Crippen MR) is 150 cm³/mol. The molecule has 1 aromatic heterocycles. The summed E-state index contributed by atoms with van der Waals surface area (Å²) in [5.74, 6) is 0. The number of thiazole rings is 1. The van der Waals surface area contributed by atoms with Crippen molar-refractivity contribution >= 4 is 45.7 Å². The first-order valence-electron chi connectivity index (χ1n) is 11.4. The summed E-state index contributed by atoms with van der Waals surface area (Å²) >= 11 is 1.42. The van der Waals surface area contributed by atoms with Crippen LogP contribution in [0.2, 0.25) is 0 Å². The first-order chi connectivity index (χ1) is 17.3. The Morgan fingerprint density at radius 3 is 1.63 bits per heavy atom. The third-order valence-corrected chi connectivity index (χ3v) is 10.8. The van der Waals surface area contributed by atoms with E-state index >= 15 is 0 Å². The molecule has 6 heteroatoms. The average molecular weight is 495 g/mol. The molecule has 5 rings (SSSR count). The number of amides is 2. The van der Waals surface area contributed by atoms with Gasteiger partial charge in [-0.3, -0.25) is 5.32 Å². The fourth-order valence-electron chi connectivity index (χ4n) is 4.17. The number of hydrogen-bond donors (Lipinski definition) is 2. The molecule has 172 valence electrons. The van der Waals surface area contributed by atoms with Crippen LogP contribution in [0.5, 0.6) is 0 Å². The van der Waals surface area contributed by atoms with Gasteiger partial charge in [0.1, 0.15) is 29.5 Å². The van der Waals surface area contributed by atoms with E-state index in [2.05, 4.69) is 88.4 Å². The fourth-order valence-corrected chi connectivity index (χ4v) is 8.75. The lowest BCUT2D eigenvalue weighted by Gasteiger charge is -2.27. The van der Waals surface area contributed by atoms with Crippen LogP contribution < -0.4 is 26.5 Å². The standard InChI is InChI=1S/C29H24N3OPS/c33-28(32-29-31-27(21-35-29)23-13-5-1-6-14-23)30-22-34(24-15-7-2-8-16-24,25-17-9-3-10-18-25)26-19-11-4-12-20-26/h1-21H,22H2,(H-,30,31,32,33)/p+1. The molecule has 0 aliphatic rings. The zero-order valence-corrected chi connectivity index (χ0v) is 20.8. The third kappa shape index (κ3) is 5.02. The van der Waals surface area contributed by atoms with Crippen molar-refractivity contribution in [3.8, 4) is 11.3 Å². The van der Waals surface area contributed by atoms with Crippen LogP contribution in [0.1, 0.15) is 0 Å². The molecule has 2 N–H and O–H groups in total. The molecule has 0 spiro atoms. The summed E-state index contributed by atoms with van der Waals surface area (Å²) < 4.78 is 0. The summed E-state index contributed by atoms with van der Waals surface area (Å²) in [5.41, 5.74) is 1.88. The number of anilines is 1. The Kier molecular flexibility index (Phi) is 6.99. The van der Waals surface area contributed by atoms with E-state index in [9.17, 15) is 4.79 Å². The number of aromatic nitrogens is 1. The number of rotatable bonds is 7. The van der Waals surface area contributed by atoms with Gasteiger partial charge in [0.25, 0.3) is 0 Å². The van der Waals surface area contributed by atoms with Gasteiger partial charge in [0.15, 0.2) is 5.13 Å². The Morgan fingerprint density at radius 2 is 1.14 bits per heavy atom. The van der Waals surface area contributed by atoms with E-state index in [1.165, 1.54) is 27.3 Å². The Labute approximate surface area is 210 Å². The summed E-state index contributed by atoms with van der Waals surface area (Å²) in [5, 5.41) is 12.3. The van der Waals surface area contributed by atoms with E-state index < -0.39 is 7.26 Å². The third-order valence-electron chi connectivity index (χ3n) is 5.86. The second-order valence-corrected chi connectivity index (χ2v) is 12.4. The number of carbonyl (C=O) groups is 1. The van der Waals surface area contributed by atoms with Gasteiger partial charge in [-0.15, -0.1) is 11.3 Å². The minimum absolute atomic E-state index is 0.258. The normalized spacial score (nSPS) is 11.1. The molecule has 0 unspecified atom stereocenters. The number of nitrogens with one attached hydrogen (secondary N) is 2. The van der Waals surface area contributed by atoms with Crippen LogP contribution in [0, 0.1) is 0 Å². The largest absolute Gasteiger partial charge is 0.323 e. The van der Waals surface area contributed by atoms with E-state index in [0.717, 1.165) is 11.3 Å². The first kappa shape index (κ1) is 23.0. The quantitative estimate of drug-likeness (QED) is 0.278. The van der Waals surface area contributed by atoms with Crippen LogP contribution in [0.3, 0.4) is 0 Å². The summed E-state index contributed by atoms with van der Waals surface area (Å²) in [6, 6.07) is 41.2. The highest BCUT2D eigenvalue weighted by Gasteiger charge is 2.45. The molecule has 4 aromatic carbocycles. The maximum Gasteiger partial charge on any atom is 0.323 e. The number of nitrogens with zero attached hydrogens (tertiary/aromatic N) is 1. The lowest BCUT2D eigenvalue weighted by Crippen LogP contribution is -2.41. The number of hydrogen-bond acceptors (Lipinski definition) is 3. The molecule has 0 atom stereocenters. The Hall–Kier alpha value is -3.79. The second kappa shape index (κ2) is 10.6. The van der Waals surface area contributed by atoms with Gasteiger partial charge < -0.3 is 5.32 Å². The molecular formula is C29H25N3OPS+. The van der Waals surface area contributed by atoms with Crippen molar-refractivity contribution in [2.45, 2.75) is 0 Å². The Balaban J connectivity index is 1.44. The van der Waals surface area contributed by atoms with Crippen molar-refractivity contribution in [3.05, 3.63) is 127 Å². The first-order valence-corrected chi connectivity index (χ1v) is 14.2. The van der Waals surface area contributed by atoms with Gasteiger partial charge in [0.05, 0.1) is 5.69 Å². The summed E-state index contributed by atoms with van der Waals surface area (Å²) in [4.78, 5) is 17.7. The topological polar surface area (TPSA) is 54.0 Å². The van der Waals surface area contributed by atoms with Gasteiger partial charge in [-0.1, -0.05) is 84.9 Å². The fraction of sp³-hybridized carbons (Fsp3) is 0.0345. The predicted octanol–water partition coefficient (Wildman–Crippen LogP) is 5.88. The van der Waals surface area contributed by atoms with Crippen molar-refractivity contribution in [3.63, 3.8) is 0 Å². The highest BCUT2D eigenvalue weighted by Crippen LogP contribution is 2.54. The van der Waals surface area contributed by atoms with Gasteiger partial charge >= 0.3 is 6.03 Å². The average Bonchev–Trinajstić information content (AvgIpc) is 3.40. The van der Waals surface area contributed by atoms with Gasteiger partial charge in [0, 0.05) is 10.9 Å². The van der Waals surface area contributed by atoms with Crippen LogP contribution in [0.15, 0.2) is 127 Å². The van der Waals surface area contributed by atoms with Gasteiger partial charge in [0.2, 0.25) is 0 Å². The molecule has 0 bridgehead atoms. The summed E-state index contributed by atoms with van der Waals surface area (Å²) in [7, 11) is -2.14. The number of benzene rings is 4. The van der Waals surface area contributed by atoms with E-state index in [1.807, 2.05) is 53.9 Å². The van der Waals surface area contributed by atoms with Crippen molar-refractivity contribution in [2.24, 2.45) is 0 Å². The molecule has 4 nitrogen and oxygen atoms in total. The van der Waals surface area contributed by atoms with Crippen molar-refractivity contribution in [2.75, 3.05) is 11.6 Å². The zero-order valence-electron chi connectivity index (χ0n) is 19.0. The number of carbonyl (C=O) groups excluding carboxylic acids is 1. The van der Waals surface area contributed by atoms with Crippen molar-refractivity contribution < 1.29 is 4.79 Å². The molecule has 0 aliphatic heterocycles. The minimum atomic E-state index is -2.14.